The molecular weight excluding hydrogens is 376 g/mol. The Balaban J connectivity index is 1.57. The Bertz CT molecular complexity index is 1030. The maximum atomic E-state index is 12.2. The molecule has 0 saturated carbocycles. The van der Waals surface area contributed by atoms with Crippen molar-refractivity contribution in [3.05, 3.63) is 94.5 Å². The molecule has 3 aromatic rings. The van der Waals surface area contributed by atoms with Crippen molar-refractivity contribution in [1.82, 2.24) is 5.43 Å². The van der Waals surface area contributed by atoms with E-state index in [1.807, 2.05) is 74.5 Å². The molecule has 0 bridgehead atoms. The predicted octanol–water partition coefficient (Wildman–Crippen LogP) is 4.58. The van der Waals surface area contributed by atoms with Crippen molar-refractivity contribution in [3.63, 3.8) is 0 Å². The summed E-state index contributed by atoms with van der Waals surface area (Å²) in [4.78, 5) is 12.2. The van der Waals surface area contributed by atoms with Gasteiger partial charge in [-0.3, -0.25) is 4.79 Å². The van der Waals surface area contributed by atoms with Crippen molar-refractivity contribution in [2.24, 2.45) is 5.10 Å². The summed E-state index contributed by atoms with van der Waals surface area (Å²) in [6, 6.07) is 21.5. The third kappa shape index (κ3) is 5.95. The van der Waals surface area contributed by atoms with Crippen LogP contribution >= 0.6 is 0 Å². The molecule has 0 aliphatic heterocycles. The van der Waals surface area contributed by atoms with E-state index in [4.69, 9.17) is 9.47 Å². The van der Waals surface area contributed by atoms with E-state index in [1.165, 1.54) is 5.56 Å². The first-order valence-corrected chi connectivity index (χ1v) is 9.78. The van der Waals surface area contributed by atoms with Crippen LogP contribution in [0, 0.1) is 13.8 Å². The summed E-state index contributed by atoms with van der Waals surface area (Å²) < 4.78 is 11.3. The van der Waals surface area contributed by atoms with Gasteiger partial charge in [-0.05, 0) is 54.3 Å². The summed E-state index contributed by atoms with van der Waals surface area (Å²) in [6.45, 7) is 4.50. The number of benzene rings is 3. The van der Waals surface area contributed by atoms with Crippen LogP contribution in [0.15, 0.2) is 71.8 Å². The van der Waals surface area contributed by atoms with E-state index < -0.39 is 0 Å². The normalized spacial score (nSPS) is 10.8. The molecule has 30 heavy (non-hydrogen) atoms. The van der Waals surface area contributed by atoms with Gasteiger partial charge in [0.15, 0.2) is 11.5 Å². The lowest BCUT2D eigenvalue weighted by molar-refractivity contribution is -0.120. The van der Waals surface area contributed by atoms with Gasteiger partial charge in [0, 0.05) is 0 Å². The quantitative estimate of drug-likeness (QED) is 0.443. The number of hydrazone groups is 1. The van der Waals surface area contributed by atoms with Gasteiger partial charge in [-0.25, -0.2) is 5.43 Å². The van der Waals surface area contributed by atoms with Crippen LogP contribution in [-0.2, 0) is 17.8 Å². The highest BCUT2D eigenvalue weighted by Gasteiger charge is 2.07. The SMILES string of the molecule is COc1cc(/C=N\NC(=O)Cc2ccc(C)cc2C)ccc1OCc1ccccc1. The molecule has 1 amide bonds. The Kier molecular flexibility index (Phi) is 7.22. The lowest BCUT2D eigenvalue weighted by Crippen LogP contribution is -2.20. The van der Waals surface area contributed by atoms with Gasteiger partial charge in [0.1, 0.15) is 6.61 Å². The molecule has 3 rings (SSSR count). The summed E-state index contributed by atoms with van der Waals surface area (Å²) in [5, 5.41) is 4.06. The van der Waals surface area contributed by atoms with Crippen LogP contribution in [0.1, 0.15) is 27.8 Å². The number of aryl methyl sites for hydroxylation is 2. The van der Waals surface area contributed by atoms with E-state index in [-0.39, 0.29) is 5.91 Å². The molecule has 0 aliphatic carbocycles. The number of ether oxygens (including phenoxy) is 2. The fourth-order valence-corrected chi connectivity index (χ4v) is 3.05. The number of rotatable bonds is 8. The zero-order valence-corrected chi connectivity index (χ0v) is 17.5. The van der Waals surface area contributed by atoms with Gasteiger partial charge < -0.3 is 9.47 Å². The van der Waals surface area contributed by atoms with Crippen LogP contribution in [-0.4, -0.2) is 19.2 Å². The van der Waals surface area contributed by atoms with Gasteiger partial charge in [0.25, 0.3) is 0 Å². The van der Waals surface area contributed by atoms with Crippen molar-refractivity contribution in [3.8, 4) is 11.5 Å². The number of hydrogen-bond acceptors (Lipinski definition) is 4. The fourth-order valence-electron chi connectivity index (χ4n) is 3.05. The minimum Gasteiger partial charge on any atom is -0.493 e. The van der Waals surface area contributed by atoms with Crippen LogP contribution in [0.3, 0.4) is 0 Å². The molecule has 0 spiro atoms. The highest BCUT2D eigenvalue weighted by molar-refractivity contribution is 5.84. The van der Waals surface area contributed by atoms with Gasteiger partial charge in [-0.1, -0.05) is 54.1 Å². The van der Waals surface area contributed by atoms with Crippen molar-refractivity contribution in [1.29, 1.82) is 0 Å². The number of methoxy groups -OCH3 is 1. The molecule has 0 atom stereocenters. The molecule has 0 aromatic heterocycles. The summed E-state index contributed by atoms with van der Waals surface area (Å²) in [6.07, 6.45) is 1.88. The summed E-state index contributed by atoms with van der Waals surface area (Å²) in [5.41, 5.74) is 7.73. The second kappa shape index (κ2) is 10.3. The third-order valence-electron chi connectivity index (χ3n) is 4.68. The van der Waals surface area contributed by atoms with E-state index in [1.54, 1.807) is 13.3 Å². The molecule has 3 aromatic carbocycles. The number of amides is 1. The molecular formula is C25H26N2O3. The molecule has 154 valence electrons. The van der Waals surface area contributed by atoms with Crippen LogP contribution < -0.4 is 14.9 Å². The average Bonchev–Trinajstić information content (AvgIpc) is 2.75. The largest absolute Gasteiger partial charge is 0.493 e. The molecule has 1 N–H and O–H groups in total. The van der Waals surface area contributed by atoms with Crippen LogP contribution in [0.2, 0.25) is 0 Å². The minimum absolute atomic E-state index is 0.159. The number of nitrogens with one attached hydrogen (secondary N) is 1. The summed E-state index contributed by atoms with van der Waals surface area (Å²) >= 11 is 0. The molecule has 0 fully saturated rings. The zero-order chi connectivity index (χ0) is 21.3. The van der Waals surface area contributed by atoms with E-state index >= 15 is 0 Å². The fraction of sp³-hybridized carbons (Fsp3) is 0.200. The number of nitrogens with zero attached hydrogens (tertiary/aromatic N) is 1. The Morgan fingerprint density at radius 3 is 2.53 bits per heavy atom. The molecule has 0 saturated heterocycles. The second-order valence-electron chi connectivity index (χ2n) is 7.08. The lowest BCUT2D eigenvalue weighted by atomic mass is 10.0. The molecule has 5 heteroatoms. The van der Waals surface area contributed by atoms with Crippen molar-refractivity contribution < 1.29 is 14.3 Å². The van der Waals surface area contributed by atoms with Crippen LogP contribution in [0.25, 0.3) is 0 Å². The van der Waals surface area contributed by atoms with Gasteiger partial charge in [-0.2, -0.15) is 5.10 Å². The molecule has 0 heterocycles. The summed E-state index contributed by atoms with van der Waals surface area (Å²) in [7, 11) is 1.59. The van der Waals surface area contributed by atoms with Gasteiger partial charge in [0.2, 0.25) is 5.91 Å². The molecule has 0 aliphatic rings. The number of hydrogen-bond donors (Lipinski definition) is 1. The van der Waals surface area contributed by atoms with Crippen molar-refractivity contribution in [2.45, 2.75) is 26.9 Å². The first-order valence-electron chi connectivity index (χ1n) is 9.78. The van der Waals surface area contributed by atoms with E-state index in [0.717, 1.165) is 22.3 Å². The first-order chi connectivity index (χ1) is 14.5. The van der Waals surface area contributed by atoms with Gasteiger partial charge in [-0.15, -0.1) is 0 Å². The van der Waals surface area contributed by atoms with Crippen molar-refractivity contribution in [2.75, 3.05) is 7.11 Å². The van der Waals surface area contributed by atoms with Gasteiger partial charge >= 0.3 is 0 Å². The third-order valence-corrected chi connectivity index (χ3v) is 4.68. The molecule has 0 radical (unpaired) electrons. The smallest absolute Gasteiger partial charge is 0.244 e. The molecule has 5 nitrogen and oxygen atoms in total. The topological polar surface area (TPSA) is 59.9 Å². The van der Waals surface area contributed by atoms with E-state index in [0.29, 0.717) is 24.5 Å². The summed E-state index contributed by atoms with van der Waals surface area (Å²) in [5.74, 6) is 1.10. The Morgan fingerprint density at radius 1 is 1.00 bits per heavy atom. The maximum Gasteiger partial charge on any atom is 0.244 e. The highest BCUT2D eigenvalue weighted by atomic mass is 16.5. The minimum atomic E-state index is -0.159. The Morgan fingerprint density at radius 2 is 1.80 bits per heavy atom. The predicted molar refractivity (Wildman–Crippen MR) is 119 cm³/mol. The average molecular weight is 402 g/mol. The number of carbonyl (C=O) groups is 1. The van der Waals surface area contributed by atoms with E-state index in [2.05, 4.69) is 16.6 Å². The standard InChI is InChI=1S/C25H26N2O3/c1-18-9-11-22(19(2)13-18)15-25(28)27-26-16-21-10-12-23(24(14-21)29-3)30-17-20-7-5-4-6-8-20/h4-14,16H,15,17H2,1-3H3,(H,27,28)/b26-16-. The van der Waals surface area contributed by atoms with E-state index in [9.17, 15) is 4.79 Å². The monoisotopic (exact) mass is 402 g/mol. The zero-order valence-electron chi connectivity index (χ0n) is 17.5. The van der Waals surface area contributed by atoms with Crippen LogP contribution in [0.4, 0.5) is 0 Å². The Hall–Kier alpha value is -3.60. The number of carbonyl (C=O) groups excluding carboxylic acids is 1. The highest BCUT2D eigenvalue weighted by Crippen LogP contribution is 2.28. The lowest BCUT2D eigenvalue weighted by Gasteiger charge is -2.11. The first kappa shape index (κ1) is 21.1. The van der Waals surface area contributed by atoms with Crippen LogP contribution in [0.5, 0.6) is 11.5 Å². The Labute approximate surface area is 177 Å². The second-order valence-corrected chi connectivity index (χ2v) is 7.08. The van der Waals surface area contributed by atoms with Crippen molar-refractivity contribution >= 4 is 12.1 Å². The maximum absolute atomic E-state index is 12.2. The molecule has 0 unspecified atom stereocenters. The van der Waals surface area contributed by atoms with Gasteiger partial charge in [0.05, 0.1) is 19.7 Å².